The van der Waals surface area contributed by atoms with E-state index in [1.807, 2.05) is 0 Å². The second kappa shape index (κ2) is 4.20. The number of rotatable bonds is 4. The van der Waals surface area contributed by atoms with Crippen molar-refractivity contribution in [1.29, 1.82) is 0 Å². The van der Waals surface area contributed by atoms with E-state index in [0.717, 1.165) is 12.3 Å². The van der Waals surface area contributed by atoms with Crippen molar-refractivity contribution in [3.63, 3.8) is 0 Å². The maximum atomic E-state index is 13.2. The van der Waals surface area contributed by atoms with Crippen molar-refractivity contribution in [2.75, 3.05) is 7.11 Å². The van der Waals surface area contributed by atoms with Crippen molar-refractivity contribution in [3.8, 4) is 5.75 Å². The summed E-state index contributed by atoms with van der Waals surface area (Å²) in [7, 11) is 1.38. The maximum absolute atomic E-state index is 13.2. The fraction of sp³-hybridized carbons (Fsp3) is 0.333. The number of aliphatic carboxylic acids is 1. The molecule has 0 spiro atoms. The lowest BCUT2D eigenvalue weighted by molar-refractivity contribution is -0.145. The molecule has 0 aromatic carbocycles. The molecule has 0 unspecified atom stereocenters. The van der Waals surface area contributed by atoms with Gasteiger partial charge in [0.15, 0.2) is 0 Å². The minimum atomic E-state index is -3.46. The van der Waals surface area contributed by atoms with Crippen molar-refractivity contribution in [2.45, 2.75) is 12.3 Å². The van der Waals surface area contributed by atoms with Crippen LogP contribution in [0.2, 0.25) is 0 Å². The van der Waals surface area contributed by atoms with Gasteiger partial charge in [-0.1, -0.05) is 0 Å². The van der Waals surface area contributed by atoms with Crippen LogP contribution in [0, 0.1) is 0 Å². The SMILES string of the molecule is COc1ccc(C(F)(F)CC(=O)O)nc1. The molecule has 0 saturated carbocycles. The number of ether oxygens (including phenoxy) is 1. The predicted octanol–water partition coefficient (Wildman–Crippen LogP) is 1.66. The molecule has 0 saturated heterocycles. The molecular formula is C9H9F2NO3. The maximum Gasteiger partial charge on any atom is 0.309 e. The van der Waals surface area contributed by atoms with Crippen molar-refractivity contribution in [3.05, 3.63) is 24.0 Å². The summed E-state index contributed by atoms with van der Waals surface area (Å²) in [4.78, 5) is 13.6. The summed E-state index contributed by atoms with van der Waals surface area (Å²) in [5, 5.41) is 8.28. The Hall–Kier alpha value is -1.72. The number of carbonyl (C=O) groups is 1. The topological polar surface area (TPSA) is 59.4 Å². The van der Waals surface area contributed by atoms with Gasteiger partial charge in [0.05, 0.1) is 13.3 Å². The van der Waals surface area contributed by atoms with Crippen LogP contribution in [-0.2, 0) is 10.7 Å². The predicted molar refractivity (Wildman–Crippen MR) is 46.9 cm³/mol. The Bertz CT molecular complexity index is 351. The Morgan fingerprint density at radius 1 is 1.60 bits per heavy atom. The van der Waals surface area contributed by atoms with Gasteiger partial charge in [-0.2, -0.15) is 8.78 Å². The number of hydrogen-bond donors (Lipinski definition) is 1. The highest BCUT2D eigenvalue weighted by atomic mass is 19.3. The first kappa shape index (κ1) is 11.4. The number of alkyl halides is 2. The average Bonchev–Trinajstić information content (AvgIpc) is 2.16. The zero-order valence-electron chi connectivity index (χ0n) is 7.91. The molecule has 82 valence electrons. The Kier molecular flexibility index (Phi) is 3.18. The van der Waals surface area contributed by atoms with Crippen LogP contribution >= 0.6 is 0 Å². The molecule has 6 heteroatoms. The van der Waals surface area contributed by atoms with Crippen LogP contribution < -0.4 is 4.74 Å². The van der Waals surface area contributed by atoms with Crippen LogP contribution in [0.3, 0.4) is 0 Å². The van der Waals surface area contributed by atoms with E-state index < -0.39 is 24.0 Å². The molecule has 1 heterocycles. The van der Waals surface area contributed by atoms with Gasteiger partial charge in [0.2, 0.25) is 0 Å². The average molecular weight is 217 g/mol. The number of nitrogens with zero attached hydrogens (tertiary/aromatic N) is 1. The number of hydrogen-bond acceptors (Lipinski definition) is 3. The second-order valence-corrected chi connectivity index (χ2v) is 2.86. The lowest BCUT2D eigenvalue weighted by Crippen LogP contribution is -2.19. The van der Waals surface area contributed by atoms with Gasteiger partial charge in [0.1, 0.15) is 17.9 Å². The van der Waals surface area contributed by atoms with Gasteiger partial charge in [-0.3, -0.25) is 9.78 Å². The first-order valence-electron chi connectivity index (χ1n) is 4.06. The zero-order chi connectivity index (χ0) is 11.5. The number of carboxylic acids is 1. The molecule has 0 atom stereocenters. The summed E-state index contributed by atoms with van der Waals surface area (Å²) in [5.41, 5.74) is -0.578. The third-order valence-electron chi connectivity index (χ3n) is 1.72. The Morgan fingerprint density at radius 3 is 2.67 bits per heavy atom. The van der Waals surface area contributed by atoms with Crippen LogP contribution in [-0.4, -0.2) is 23.2 Å². The van der Waals surface area contributed by atoms with E-state index in [1.165, 1.54) is 13.2 Å². The highest BCUT2D eigenvalue weighted by Gasteiger charge is 2.36. The summed E-state index contributed by atoms with van der Waals surface area (Å²) in [6.45, 7) is 0. The smallest absolute Gasteiger partial charge is 0.309 e. The van der Waals surface area contributed by atoms with E-state index in [-0.39, 0.29) is 0 Å². The number of carboxylic acid groups (broad SMARTS) is 1. The molecule has 0 fully saturated rings. The van der Waals surface area contributed by atoms with Gasteiger partial charge in [-0.25, -0.2) is 0 Å². The summed E-state index contributed by atoms with van der Waals surface area (Å²) in [5.74, 6) is -4.69. The molecule has 0 aliphatic heterocycles. The van der Waals surface area contributed by atoms with Crippen molar-refractivity contribution >= 4 is 5.97 Å². The molecule has 1 rings (SSSR count). The summed E-state index contributed by atoms with van der Waals surface area (Å²) < 4.78 is 31.1. The number of aromatic nitrogens is 1. The monoisotopic (exact) mass is 217 g/mol. The lowest BCUT2D eigenvalue weighted by Gasteiger charge is -2.13. The molecule has 15 heavy (non-hydrogen) atoms. The van der Waals surface area contributed by atoms with Crippen LogP contribution in [0.25, 0.3) is 0 Å². The summed E-state index contributed by atoms with van der Waals surface area (Å²) in [6, 6.07) is 2.35. The van der Waals surface area contributed by atoms with Crippen LogP contribution in [0.4, 0.5) is 8.78 Å². The highest BCUT2D eigenvalue weighted by Crippen LogP contribution is 2.30. The Labute approximate surface area is 84.5 Å². The van der Waals surface area contributed by atoms with Gasteiger partial charge in [-0.05, 0) is 12.1 Å². The van der Waals surface area contributed by atoms with Crippen LogP contribution in [0.15, 0.2) is 18.3 Å². The fourth-order valence-electron chi connectivity index (χ4n) is 0.998. The molecule has 0 aliphatic rings. The van der Waals surface area contributed by atoms with E-state index in [4.69, 9.17) is 9.84 Å². The van der Waals surface area contributed by atoms with E-state index in [9.17, 15) is 13.6 Å². The second-order valence-electron chi connectivity index (χ2n) is 2.86. The van der Waals surface area contributed by atoms with E-state index in [1.54, 1.807) is 0 Å². The van der Waals surface area contributed by atoms with Gasteiger partial charge >= 0.3 is 5.97 Å². The third-order valence-corrected chi connectivity index (χ3v) is 1.72. The normalized spacial score (nSPS) is 11.1. The fourth-order valence-corrected chi connectivity index (χ4v) is 0.998. The van der Waals surface area contributed by atoms with Crippen molar-refractivity contribution in [1.82, 2.24) is 4.98 Å². The third kappa shape index (κ3) is 2.87. The zero-order valence-corrected chi connectivity index (χ0v) is 7.91. The molecule has 0 radical (unpaired) electrons. The van der Waals surface area contributed by atoms with Gasteiger partial charge in [-0.15, -0.1) is 0 Å². The minimum Gasteiger partial charge on any atom is -0.495 e. The first-order chi connectivity index (χ1) is 6.95. The summed E-state index contributed by atoms with van der Waals surface area (Å²) >= 11 is 0. The van der Waals surface area contributed by atoms with Crippen molar-refractivity contribution < 1.29 is 23.4 Å². The standard InChI is InChI=1S/C9H9F2NO3/c1-15-6-2-3-7(12-5-6)9(10,11)4-8(13)14/h2-3,5H,4H2,1H3,(H,13,14). The van der Waals surface area contributed by atoms with Crippen LogP contribution in [0.1, 0.15) is 12.1 Å². The molecule has 1 aromatic heterocycles. The van der Waals surface area contributed by atoms with E-state index in [0.29, 0.717) is 5.75 Å². The molecule has 1 aromatic rings. The lowest BCUT2D eigenvalue weighted by atomic mass is 10.1. The first-order valence-corrected chi connectivity index (χ1v) is 4.06. The van der Waals surface area contributed by atoms with Gasteiger partial charge in [0, 0.05) is 0 Å². The molecule has 0 aliphatic carbocycles. The molecule has 0 bridgehead atoms. The number of pyridine rings is 1. The largest absolute Gasteiger partial charge is 0.495 e. The molecule has 0 amide bonds. The van der Waals surface area contributed by atoms with Crippen molar-refractivity contribution in [2.24, 2.45) is 0 Å². The van der Waals surface area contributed by atoms with Crippen LogP contribution in [0.5, 0.6) is 5.75 Å². The molecule has 4 nitrogen and oxygen atoms in total. The number of halogens is 2. The quantitative estimate of drug-likeness (QED) is 0.833. The van der Waals surface area contributed by atoms with Gasteiger partial charge < -0.3 is 9.84 Å². The Balaban J connectivity index is 2.89. The van der Waals surface area contributed by atoms with E-state index >= 15 is 0 Å². The number of methoxy groups -OCH3 is 1. The highest BCUT2D eigenvalue weighted by molar-refractivity contribution is 5.68. The van der Waals surface area contributed by atoms with Gasteiger partial charge in [0.25, 0.3) is 5.92 Å². The molecular weight excluding hydrogens is 208 g/mol. The van der Waals surface area contributed by atoms with E-state index in [2.05, 4.69) is 4.98 Å². The summed E-state index contributed by atoms with van der Waals surface area (Å²) in [6.07, 6.45) is -0.155. The molecule has 1 N–H and O–H groups in total. The Morgan fingerprint density at radius 2 is 2.27 bits per heavy atom. The minimum absolute atomic E-state index is 0.338.